The van der Waals surface area contributed by atoms with Gasteiger partial charge in [0.1, 0.15) is 17.1 Å². The Morgan fingerprint density at radius 1 is 1.06 bits per heavy atom. The standard InChI is InChI=1S/C35H37F5O9S/c1-3-10-25-28(16-15-23(21(2)41)32(25)44)47-18-8-6-4-5-7-12-30(26(42)11-9-17-34(36,37)35(38,39)40)50-22-13-14-24-27(43)20-31(49-33(45)46)48-29(24)19-22/h4-5,7,12-16,19-20,26,30,42,44H,3,6,8-11,17-18H2,1-2H3,(H,45,46)/b5-4-,12-7+/t26-,30+/m1/s1. The number of carboxylic acid groups (broad SMARTS) is 1. The van der Waals surface area contributed by atoms with Gasteiger partial charge in [0.05, 0.1) is 35.0 Å². The topological polar surface area (TPSA) is 144 Å². The smallest absolute Gasteiger partial charge is 0.507 e. The summed E-state index contributed by atoms with van der Waals surface area (Å²) in [6, 6.07) is 8.32. The van der Waals surface area contributed by atoms with Gasteiger partial charge in [-0.05, 0) is 69.4 Å². The monoisotopic (exact) mass is 728 g/mol. The average Bonchev–Trinajstić information content (AvgIpc) is 3.01. The summed E-state index contributed by atoms with van der Waals surface area (Å²) in [6.07, 6.45) is -2.26. The number of aromatic hydroxyl groups is 1. The first-order chi connectivity index (χ1) is 23.5. The quantitative estimate of drug-likeness (QED) is 0.0290. The van der Waals surface area contributed by atoms with Crippen LogP contribution in [0, 0.1) is 0 Å². The molecule has 0 radical (unpaired) electrons. The summed E-state index contributed by atoms with van der Waals surface area (Å²) in [6.45, 7) is 3.61. The maximum Gasteiger partial charge on any atom is 0.513 e. The van der Waals surface area contributed by atoms with E-state index in [2.05, 4.69) is 4.74 Å². The van der Waals surface area contributed by atoms with Gasteiger partial charge in [0.25, 0.3) is 5.95 Å². The van der Waals surface area contributed by atoms with Crippen LogP contribution in [0.15, 0.2) is 74.8 Å². The van der Waals surface area contributed by atoms with Crippen LogP contribution in [0.25, 0.3) is 11.0 Å². The third kappa shape index (κ3) is 11.3. The van der Waals surface area contributed by atoms with E-state index >= 15 is 0 Å². The molecule has 1 heterocycles. The number of aliphatic hydroxyl groups is 1. The van der Waals surface area contributed by atoms with E-state index in [1.165, 1.54) is 31.2 Å². The lowest BCUT2D eigenvalue weighted by Crippen LogP contribution is -2.36. The van der Waals surface area contributed by atoms with E-state index in [1.807, 2.05) is 6.92 Å². The first-order valence-electron chi connectivity index (χ1n) is 15.6. The van der Waals surface area contributed by atoms with Crippen LogP contribution in [0.3, 0.4) is 0 Å². The van der Waals surface area contributed by atoms with Crippen LogP contribution < -0.4 is 14.9 Å². The highest BCUT2D eigenvalue weighted by molar-refractivity contribution is 8.00. The van der Waals surface area contributed by atoms with Crippen molar-refractivity contribution in [3.63, 3.8) is 0 Å². The summed E-state index contributed by atoms with van der Waals surface area (Å²) >= 11 is 1.02. The SMILES string of the molecule is CCCc1c(OCCC/C=C\C=C\[C@H](Sc2ccc3c(=O)cc(OC(=O)O)oc3c2)[C@H](O)CCCC(F)(F)C(F)(F)F)ccc(C(C)=O)c1O. The van der Waals surface area contributed by atoms with Crippen molar-refractivity contribution in [2.75, 3.05) is 6.61 Å². The summed E-state index contributed by atoms with van der Waals surface area (Å²) in [4.78, 5) is 35.4. The van der Waals surface area contributed by atoms with Crippen molar-refractivity contribution >= 4 is 34.7 Å². The van der Waals surface area contributed by atoms with E-state index in [9.17, 15) is 46.5 Å². The third-order valence-corrected chi connectivity index (χ3v) is 8.63. The predicted molar refractivity (Wildman–Crippen MR) is 177 cm³/mol. The van der Waals surface area contributed by atoms with Crippen molar-refractivity contribution < 1.29 is 60.8 Å². The van der Waals surface area contributed by atoms with Crippen molar-refractivity contribution in [3.8, 4) is 17.4 Å². The molecule has 2 aromatic carbocycles. The minimum Gasteiger partial charge on any atom is -0.507 e. The molecule has 3 rings (SSSR count). The van der Waals surface area contributed by atoms with Gasteiger partial charge in [-0.25, -0.2) is 4.79 Å². The Labute approximate surface area is 288 Å². The number of fused-ring (bicyclic) bond motifs is 1. The lowest BCUT2D eigenvalue weighted by molar-refractivity contribution is -0.284. The van der Waals surface area contributed by atoms with Crippen LogP contribution in [-0.2, 0) is 6.42 Å². The second-order valence-electron chi connectivity index (χ2n) is 11.2. The van der Waals surface area contributed by atoms with Crippen molar-refractivity contribution in [2.45, 2.75) is 87.1 Å². The number of allylic oxidation sites excluding steroid dienone is 3. The molecule has 0 aliphatic rings. The first kappa shape index (κ1) is 40.1. The van der Waals surface area contributed by atoms with E-state index in [4.69, 9.17) is 14.3 Å². The minimum absolute atomic E-state index is 0.0327. The normalized spacial score (nSPS) is 13.6. The summed E-state index contributed by atoms with van der Waals surface area (Å²) in [7, 11) is 0. The van der Waals surface area contributed by atoms with Gasteiger partial charge in [0, 0.05) is 16.9 Å². The lowest BCUT2D eigenvalue weighted by Gasteiger charge is -2.22. The zero-order valence-electron chi connectivity index (χ0n) is 27.2. The van der Waals surface area contributed by atoms with Crippen molar-refractivity contribution in [1.29, 1.82) is 0 Å². The molecule has 3 N–H and O–H groups in total. The van der Waals surface area contributed by atoms with Crippen LogP contribution in [0.5, 0.6) is 17.4 Å². The molecule has 9 nitrogen and oxygen atoms in total. The van der Waals surface area contributed by atoms with E-state index in [0.717, 1.165) is 24.2 Å². The minimum atomic E-state index is -5.71. The highest BCUT2D eigenvalue weighted by Gasteiger charge is 2.56. The molecule has 0 aliphatic carbocycles. The number of ketones is 1. The molecule has 272 valence electrons. The zero-order chi connectivity index (χ0) is 37.1. The van der Waals surface area contributed by atoms with Gasteiger partial charge >= 0.3 is 18.3 Å². The van der Waals surface area contributed by atoms with E-state index in [1.54, 1.807) is 30.4 Å². The summed E-state index contributed by atoms with van der Waals surface area (Å²) in [5, 5.41) is 29.4. The fourth-order valence-corrected chi connectivity index (χ4v) is 5.92. The molecule has 0 unspecified atom stereocenters. The number of thioether (sulfide) groups is 1. The number of benzene rings is 2. The summed E-state index contributed by atoms with van der Waals surface area (Å²) < 4.78 is 80.4. The average molecular weight is 729 g/mol. The fourth-order valence-electron chi connectivity index (χ4n) is 4.83. The molecule has 0 amide bonds. The molecule has 50 heavy (non-hydrogen) atoms. The molecule has 1 aromatic heterocycles. The number of hydrogen-bond acceptors (Lipinski definition) is 9. The molecule has 0 bridgehead atoms. The molecular formula is C35H37F5O9S. The van der Waals surface area contributed by atoms with Gasteiger partial charge in [0.2, 0.25) is 0 Å². The number of Topliss-reactive ketones (excluding diaryl/α,β-unsaturated/α-hetero) is 1. The number of unbranched alkanes of at least 4 members (excludes halogenated alkanes) is 1. The number of hydrogen-bond donors (Lipinski definition) is 3. The van der Waals surface area contributed by atoms with Crippen LogP contribution in [0.1, 0.15) is 68.3 Å². The van der Waals surface area contributed by atoms with Gasteiger partial charge < -0.3 is 29.2 Å². The van der Waals surface area contributed by atoms with E-state index in [-0.39, 0.29) is 34.5 Å². The number of halogens is 5. The predicted octanol–water partition coefficient (Wildman–Crippen LogP) is 8.87. The Bertz CT molecular complexity index is 1750. The van der Waals surface area contributed by atoms with Gasteiger partial charge in [-0.3, -0.25) is 9.59 Å². The number of aliphatic hydroxyl groups excluding tert-OH is 1. The van der Waals surface area contributed by atoms with Gasteiger partial charge in [-0.1, -0.05) is 37.6 Å². The van der Waals surface area contributed by atoms with E-state index < -0.39 is 53.8 Å². The first-order valence-corrected chi connectivity index (χ1v) is 16.5. The number of carbonyl (C=O) groups excluding carboxylic acids is 1. The number of ether oxygens (including phenoxy) is 2. The van der Waals surface area contributed by atoms with Crippen LogP contribution in [0.4, 0.5) is 26.7 Å². The van der Waals surface area contributed by atoms with Gasteiger partial charge in [-0.2, -0.15) is 22.0 Å². The summed E-state index contributed by atoms with van der Waals surface area (Å²) in [5.41, 5.74) is 0.172. The van der Waals surface area contributed by atoms with Crippen LogP contribution in [-0.4, -0.2) is 57.3 Å². The largest absolute Gasteiger partial charge is 0.513 e. The number of carbonyl (C=O) groups is 2. The van der Waals surface area contributed by atoms with Crippen molar-refractivity contribution in [2.24, 2.45) is 0 Å². The number of rotatable bonds is 18. The van der Waals surface area contributed by atoms with Crippen molar-refractivity contribution in [3.05, 3.63) is 82.1 Å². The molecule has 0 saturated heterocycles. The van der Waals surface area contributed by atoms with Gasteiger partial charge in [-0.15, -0.1) is 11.8 Å². The summed E-state index contributed by atoms with van der Waals surface area (Å²) in [5.74, 6) is -5.33. The molecule has 0 spiro atoms. The van der Waals surface area contributed by atoms with Crippen molar-refractivity contribution in [1.82, 2.24) is 0 Å². The molecular weight excluding hydrogens is 691 g/mol. The van der Waals surface area contributed by atoms with E-state index in [0.29, 0.717) is 42.1 Å². The molecule has 3 aromatic rings. The third-order valence-electron chi connectivity index (χ3n) is 7.36. The Balaban J connectivity index is 1.69. The van der Waals surface area contributed by atoms with Gasteiger partial charge in [0.15, 0.2) is 11.2 Å². The number of alkyl halides is 5. The second-order valence-corrected chi connectivity index (χ2v) is 12.5. The maximum atomic E-state index is 13.5. The fraction of sp³-hybridized carbons (Fsp3) is 0.400. The Morgan fingerprint density at radius 2 is 1.80 bits per heavy atom. The lowest BCUT2D eigenvalue weighted by atomic mass is 10.0. The van der Waals surface area contributed by atoms with Crippen LogP contribution in [0.2, 0.25) is 0 Å². The Kier molecular flexibility index (Phi) is 14.5. The molecule has 0 aliphatic heterocycles. The highest BCUT2D eigenvalue weighted by Crippen LogP contribution is 2.40. The zero-order valence-corrected chi connectivity index (χ0v) is 28.0. The maximum absolute atomic E-state index is 13.5. The van der Waals surface area contributed by atoms with Crippen LogP contribution >= 0.6 is 11.8 Å². The molecule has 15 heteroatoms. The number of phenolic OH excluding ortho intramolecular Hbond substituents is 1. The molecule has 0 fully saturated rings. The molecule has 0 saturated carbocycles. The Morgan fingerprint density at radius 3 is 2.46 bits per heavy atom. The number of phenols is 1. The Hall–Kier alpha value is -4.37. The molecule has 2 atom stereocenters. The highest BCUT2D eigenvalue weighted by atomic mass is 32.2. The second kappa shape index (κ2) is 18.0.